The number of nitrogens with one attached hydrogen (secondary N) is 1. The molecule has 1 aromatic heterocycles. The average molecular weight is 235 g/mol. The summed E-state index contributed by atoms with van der Waals surface area (Å²) in [4.78, 5) is 27.2. The first-order valence-corrected chi connectivity index (χ1v) is 5.41. The fraction of sp³-hybridized carbons (Fsp3) is 0.417. The highest BCUT2D eigenvalue weighted by molar-refractivity contribution is 6.01. The van der Waals surface area contributed by atoms with E-state index in [0.29, 0.717) is 22.4 Å². The van der Waals surface area contributed by atoms with Crippen molar-refractivity contribution in [2.24, 2.45) is 5.73 Å². The molecule has 0 unspecified atom stereocenters. The second-order valence-corrected chi connectivity index (χ2v) is 4.25. The van der Waals surface area contributed by atoms with Gasteiger partial charge in [0.25, 0.3) is 11.8 Å². The molecule has 0 saturated carbocycles. The number of hydrogen-bond donors (Lipinski definition) is 2. The second-order valence-electron chi connectivity index (χ2n) is 4.25. The van der Waals surface area contributed by atoms with Gasteiger partial charge in [-0.05, 0) is 33.3 Å². The number of primary amides is 1. The maximum Gasteiger partial charge on any atom is 0.253 e. The van der Waals surface area contributed by atoms with E-state index in [-0.39, 0.29) is 11.9 Å². The number of rotatable bonds is 3. The Hall–Kier alpha value is -1.91. The van der Waals surface area contributed by atoms with Crippen LogP contribution in [0.5, 0.6) is 0 Å². The highest BCUT2D eigenvalue weighted by atomic mass is 16.2. The summed E-state index contributed by atoms with van der Waals surface area (Å²) in [5.41, 5.74) is 7.09. The maximum absolute atomic E-state index is 11.9. The van der Waals surface area contributed by atoms with Gasteiger partial charge in [-0.1, -0.05) is 0 Å². The lowest BCUT2D eigenvalue weighted by Gasteiger charge is -2.13. The van der Waals surface area contributed by atoms with Crippen LogP contribution in [0.1, 0.15) is 45.8 Å². The van der Waals surface area contributed by atoms with Gasteiger partial charge in [0.05, 0.1) is 16.8 Å². The number of aryl methyl sites for hydroxylation is 1. The molecule has 0 bridgehead atoms. The minimum atomic E-state index is -0.563. The van der Waals surface area contributed by atoms with Crippen LogP contribution >= 0.6 is 0 Å². The molecule has 0 aromatic carbocycles. The molecule has 0 aliphatic carbocycles. The number of nitrogens with two attached hydrogens (primary N) is 1. The minimum Gasteiger partial charge on any atom is -0.366 e. The standard InChI is InChI=1S/C12H17N3O2/c1-6(2)15-12(17)9-5-14-8(4)10(7(9)3)11(13)16/h5-6H,1-4H3,(H2,13,16)(H,15,17). The molecule has 0 aliphatic heterocycles. The molecule has 5 nitrogen and oxygen atoms in total. The summed E-state index contributed by atoms with van der Waals surface area (Å²) in [6, 6.07) is 0.0280. The zero-order valence-corrected chi connectivity index (χ0v) is 10.5. The van der Waals surface area contributed by atoms with E-state index in [9.17, 15) is 9.59 Å². The topological polar surface area (TPSA) is 85.1 Å². The van der Waals surface area contributed by atoms with Gasteiger partial charge in [0.1, 0.15) is 0 Å². The highest BCUT2D eigenvalue weighted by Crippen LogP contribution is 2.15. The van der Waals surface area contributed by atoms with E-state index < -0.39 is 5.91 Å². The van der Waals surface area contributed by atoms with Crippen LogP contribution in [0.15, 0.2) is 6.20 Å². The number of pyridine rings is 1. The lowest BCUT2D eigenvalue weighted by molar-refractivity contribution is 0.0942. The van der Waals surface area contributed by atoms with E-state index in [1.807, 2.05) is 13.8 Å². The molecule has 5 heteroatoms. The first-order chi connectivity index (χ1) is 7.84. The predicted octanol–water partition coefficient (Wildman–Crippen LogP) is 0.936. The normalized spacial score (nSPS) is 10.4. The van der Waals surface area contributed by atoms with Crippen molar-refractivity contribution in [1.82, 2.24) is 10.3 Å². The summed E-state index contributed by atoms with van der Waals surface area (Å²) >= 11 is 0. The Labute approximate surface area is 100 Å². The molecule has 92 valence electrons. The third-order valence-corrected chi connectivity index (χ3v) is 2.44. The number of carbonyl (C=O) groups excluding carboxylic acids is 2. The van der Waals surface area contributed by atoms with Crippen molar-refractivity contribution in [1.29, 1.82) is 0 Å². The molecule has 0 spiro atoms. The highest BCUT2D eigenvalue weighted by Gasteiger charge is 2.18. The van der Waals surface area contributed by atoms with Gasteiger partial charge in [-0.15, -0.1) is 0 Å². The molecule has 0 fully saturated rings. The van der Waals surface area contributed by atoms with Gasteiger partial charge in [-0.3, -0.25) is 14.6 Å². The van der Waals surface area contributed by atoms with Crippen LogP contribution in [-0.4, -0.2) is 22.8 Å². The van der Waals surface area contributed by atoms with Gasteiger partial charge < -0.3 is 11.1 Å². The van der Waals surface area contributed by atoms with Crippen LogP contribution in [-0.2, 0) is 0 Å². The van der Waals surface area contributed by atoms with Crippen LogP contribution in [0.3, 0.4) is 0 Å². The van der Waals surface area contributed by atoms with E-state index >= 15 is 0 Å². The van der Waals surface area contributed by atoms with Crippen LogP contribution in [0.4, 0.5) is 0 Å². The second kappa shape index (κ2) is 4.95. The summed E-state index contributed by atoms with van der Waals surface area (Å²) in [6.07, 6.45) is 1.47. The Balaban J connectivity index is 3.24. The summed E-state index contributed by atoms with van der Waals surface area (Å²) in [5, 5.41) is 2.75. The minimum absolute atomic E-state index is 0.0280. The molecular formula is C12H17N3O2. The zero-order valence-electron chi connectivity index (χ0n) is 10.5. The first-order valence-electron chi connectivity index (χ1n) is 5.41. The number of carbonyl (C=O) groups is 2. The van der Waals surface area contributed by atoms with Crippen LogP contribution < -0.4 is 11.1 Å². The fourth-order valence-corrected chi connectivity index (χ4v) is 1.66. The van der Waals surface area contributed by atoms with Gasteiger partial charge in [0.15, 0.2) is 0 Å². The summed E-state index contributed by atoms with van der Waals surface area (Å²) < 4.78 is 0. The van der Waals surface area contributed by atoms with E-state index in [1.165, 1.54) is 6.20 Å². The van der Waals surface area contributed by atoms with Crippen molar-refractivity contribution in [2.45, 2.75) is 33.7 Å². The largest absolute Gasteiger partial charge is 0.366 e. The van der Waals surface area contributed by atoms with Gasteiger partial charge in [0.2, 0.25) is 0 Å². The molecule has 0 saturated heterocycles. The van der Waals surface area contributed by atoms with Gasteiger partial charge >= 0.3 is 0 Å². The molecule has 1 heterocycles. The summed E-state index contributed by atoms with van der Waals surface area (Å²) in [5.74, 6) is -0.806. The first kappa shape index (κ1) is 13.2. The molecule has 0 radical (unpaired) electrons. The third-order valence-electron chi connectivity index (χ3n) is 2.44. The van der Waals surface area contributed by atoms with E-state index in [0.717, 1.165) is 0 Å². The Bertz CT molecular complexity index is 467. The quantitative estimate of drug-likeness (QED) is 0.817. The van der Waals surface area contributed by atoms with Crippen molar-refractivity contribution in [2.75, 3.05) is 0 Å². The molecular weight excluding hydrogens is 218 g/mol. The van der Waals surface area contributed by atoms with Crippen molar-refractivity contribution in [3.05, 3.63) is 28.6 Å². The van der Waals surface area contributed by atoms with E-state index in [1.54, 1.807) is 13.8 Å². The van der Waals surface area contributed by atoms with Crippen LogP contribution in [0.25, 0.3) is 0 Å². The smallest absolute Gasteiger partial charge is 0.253 e. The summed E-state index contributed by atoms with van der Waals surface area (Å²) in [6.45, 7) is 7.12. The predicted molar refractivity (Wildman–Crippen MR) is 64.8 cm³/mol. The van der Waals surface area contributed by atoms with Crippen molar-refractivity contribution in [3.63, 3.8) is 0 Å². The molecule has 0 aliphatic rings. The lowest BCUT2D eigenvalue weighted by atomic mass is 10.0. The molecule has 2 amide bonds. The molecule has 17 heavy (non-hydrogen) atoms. The number of nitrogens with zero attached hydrogens (tertiary/aromatic N) is 1. The molecule has 1 rings (SSSR count). The van der Waals surface area contributed by atoms with Gasteiger partial charge in [0, 0.05) is 12.2 Å². The van der Waals surface area contributed by atoms with Gasteiger partial charge in [-0.25, -0.2) is 0 Å². The Kier molecular flexibility index (Phi) is 3.83. The number of hydrogen-bond acceptors (Lipinski definition) is 3. The monoisotopic (exact) mass is 235 g/mol. The maximum atomic E-state index is 11.9. The van der Waals surface area contributed by atoms with Crippen molar-refractivity contribution < 1.29 is 9.59 Å². The van der Waals surface area contributed by atoms with Crippen molar-refractivity contribution >= 4 is 11.8 Å². The Morgan fingerprint density at radius 3 is 2.41 bits per heavy atom. The van der Waals surface area contributed by atoms with Gasteiger partial charge in [-0.2, -0.15) is 0 Å². The van der Waals surface area contributed by atoms with E-state index in [4.69, 9.17) is 5.73 Å². The van der Waals surface area contributed by atoms with Crippen LogP contribution in [0.2, 0.25) is 0 Å². The number of aromatic nitrogens is 1. The molecule has 0 atom stereocenters. The average Bonchev–Trinajstić information content (AvgIpc) is 2.15. The molecule has 1 aromatic rings. The fourth-order valence-electron chi connectivity index (χ4n) is 1.66. The third kappa shape index (κ3) is 2.81. The Morgan fingerprint density at radius 1 is 1.35 bits per heavy atom. The molecule has 3 N–H and O–H groups in total. The zero-order chi connectivity index (χ0) is 13.2. The Morgan fingerprint density at radius 2 is 1.94 bits per heavy atom. The van der Waals surface area contributed by atoms with E-state index in [2.05, 4.69) is 10.3 Å². The lowest BCUT2D eigenvalue weighted by Crippen LogP contribution is -2.31. The summed E-state index contributed by atoms with van der Waals surface area (Å²) in [7, 11) is 0. The van der Waals surface area contributed by atoms with Crippen molar-refractivity contribution in [3.8, 4) is 0 Å². The number of amides is 2. The SMILES string of the molecule is Cc1ncc(C(=O)NC(C)C)c(C)c1C(N)=O. The van der Waals surface area contributed by atoms with Crippen LogP contribution in [0, 0.1) is 13.8 Å².